The molecule has 0 aromatic rings. The average molecular weight is 280 g/mol. The topological polar surface area (TPSA) is 49.4 Å². The Morgan fingerprint density at radius 3 is 2.50 bits per heavy atom. The van der Waals surface area contributed by atoms with Gasteiger partial charge in [-0.3, -0.25) is 9.59 Å². The second-order valence-electron chi connectivity index (χ2n) is 6.78. The van der Waals surface area contributed by atoms with Crippen LogP contribution in [0.2, 0.25) is 0 Å². The number of nitrogens with zero attached hydrogens (tertiary/aromatic N) is 1. The molecule has 0 aromatic carbocycles. The van der Waals surface area contributed by atoms with Crippen molar-refractivity contribution in [2.75, 3.05) is 6.54 Å². The molecule has 1 saturated heterocycles. The molecular weight excluding hydrogens is 252 g/mol. The summed E-state index contributed by atoms with van der Waals surface area (Å²) in [5.41, 5.74) is 0. The van der Waals surface area contributed by atoms with Crippen LogP contribution in [0.1, 0.15) is 59.3 Å². The number of nitrogens with one attached hydrogen (secondary N) is 1. The van der Waals surface area contributed by atoms with Gasteiger partial charge in [0, 0.05) is 6.54 Å². The van der Waals surface area contributed by atoms with Gasteiger partial charge in [0.15, 0.2) is 0 Å². The fraction of sp³-hybridized carbons (Fsp3) is 0.875. The van der Waals surface area contributed by atoms with Crippen LogP contribution in [0, 0.1) is 11.8 Å². The lowest BCUT2D eigenvalue weighted by molar-refractivity contribution is -0.151. The molecule has 1 heterocycles. The summed E-state index contributed by atoms with van der Waals surface area (Å²) in [7, 11) is 0. The zero-order valence-electron chi connectivity index (χ0n) is 13.0. The lowest BCUT2D eigenvalue weighted by Gasteiger charge is -2.42. The number of amides is 2. The highest BCUT2D eigenvalue weighted by atomic mass is 16.2. The van der Waals surface area contributed by atoms with Crippen LogP contribution in [-0.2, 0) is 9.59 Å². The van der Waals surface area contributed by atoms with E-state index < -0.39 is 0 Å². The zero-order valence-corrected chi connectivity index (χ0v) is 13.0. The van der Waals surface area contributed by atoms with Crippen LogP contribution in [0.4, 0.5) is 0 Å². The molecule has 0 radical (unpaired) electrons. The summed E-state index contributed by atoms with van der Waals surface area (Å²) >= 11 is 0. The Balaban J connectivity index is 2.11. The highest BCUT2D eigenvalue weighted by Crippen LogP contribution is 2.30. The maximum atomic E-state index is 12.6. The molecule has 2 amide bonds. The number of rotatable bonds is 6. The maximum Gasteiger partial charge on any atom is 0.245 e. The molecule has 1 aliphatic heterocycles. The maximum absolute atomic E-state index is 12.6. The van der Waals surface area contributed by atoms with Crippen molar-refractivity contribution >= 4 is 11.8 Å². The third-order valence-electron chi connectivity index (χ3n) is 4.53. The van der Waals surface area contributed by atoms with Gasteiger partial charge in [0.2, 0.25) is 11.8 Å². The molecule has 2 rings (SSSR count). The molecule has 4 nitrogen and oxygen atoms in total. The monoisotopic (exact) mass is 280 g/mol. The average Bonchev–Trinajstić information content (AvgIpc) is 2.32. The molecule has 1 saturated carbocycles. The number of carbonyl (C=O) groups is 2. The minimum Gasteiger partial charge on any atom is -0.343 e. The fourth-order valence-corrected chi connectivity index (χ4v) is 3.16. The van der Waals surface area contributed by atoms with E-state index in [2.05, 4.69) is 26.1 Å². The largest absolute Gasteiger partial charge is 0.343 e. The quantitative estimate of drug-likeness (QED) is 0.812. The number of carbonyl (C=O) groups excluding carboxylic acids is 2. The van der Waals surface area contributed by atoms with Crippen LogP contribution >= 0.6 is 0 Å². The third-order valence-corrected chi connectivity index (χ3v) is 4.53. The highest BCUT2D eigenvalue weighted by Gasteiger charge is 2.41. The number of piperazine rings is 1. The standard InChI is InChI=1S/C16H28N2O2/c1-4-6-13-16(20)18(10-12-7-5-8-12)14(9-11(2)3)15(19)17-13/h11-14H,4-10H2,1-3H3,(H,17,19). The van der Waals surface area contributed by atoms with Gasteiger partial charge in [-0.05, 0) is 37.5 Å². The normalized spacial score (nSPS) is 27.7. The van der Waals surface area contributed by atoms with Gasteiger partial charge >= 0.3 is 0 Å². The zero-order chi connectivity index (χ0) is 14.7. The lowest BCUT2D eigenvalue weighted by Crippen LogP contribution is -2.64. The van der Waals surface area contributed by atoms with E-state index in [1.54, 1.807) is 0 Å². The van der Waals surface area contributed by atoms with Gasteiger partial charge in [-0.25, -0.2) is 0 Å². The van der Waals surface area contributed by atoms with E-state index >= 15 is 0 Å². The minimum atomic E-state index is -0.295. The van der Waals surface area contributed by atoms with E-state index in [-0.39, 0.29) is 23.9 Å². The van der Waals surface area contributed by atoms with Crippen molar-refractivity contribution in [2.45, 2.75) is 71.4 Å². The van der Waals surface area contributed by atoms with Crippen LogP contribution in [0.3, 0.4) is 0 Å². The summed E-state index contributed by atoms with van der Waals surface area (Å²) < 4.78 is 0. The van der Waals surface area contributed by atoms with Gasteiger partial charge in [0.05, 0.1) is 0 Å². The van der Waals surface area contributed by atoms with Gasteiger partial charge in [-0.15, -0.1) is 0 Å². The molecule has 114 valence electrons. The summed E-state index contributed by atoms with van der Waals surface area (Å²) in [5, 5.41) is 2.93. The van der Waals surface area contributed by atoms with Crippen LogP contribution in [0.15, 0.2) is 0 Å². The fourth-order valence-electron chi connectivity index (χ4n) is 3.16. The first-order valence-electron chi connectivity index (χ1n) is 8.13. The first-order chi connectivity index (χ1) is 9.52. The van der Waals surface area contributed by atoms with Gasteiger partial charge < -0.3 is 10.2 Å². The first kappa shape index (κ1) is 15.3. The predicted molar refractivity (Wildman–Crippen MR) is 79.1 cm³/mol. The Morgan fingerprint density at radius 2 is 2.00 bits per heavy atom. The molecule has 0 bridgehead atoms. The molecule has 4 heteroatoms. The Hall–Kier alpha value is -1.06. The Labute approximate surface area is 122 Å². The van der Waals surface area contributed by atoms with Gasteiger partial charge in [-0.2, -0.15) is 0 Å². The van der Waals surface area contributed by atoms with Crippen LogP contribution < -0.4 is 5.32 Å². The molecule has 1 aliphatic carbocycles. The molecule has 20 heavy (non-hydrogen) atoms. The summed E-state index contributed by atoms with van der Waals surface area (Å²) in [6.45, 7) is 7.05. The third kappa shape index (κ3) is 3.33. The van der Waals surface area contributed by atoms with Crippen LogP contribution in [-0.4, -0.2) is 35.3 Å². The molecule has 2 unspecified atom stereocenters. The van der Waals surface area contributed by atoms with E-state index in [4.69, 9.17) is 0 Å². The van der Waals surface area contributed by atoms with Crippen LogP contribution in [0.25, 0.3) is 0 Å². The summed E-state index contributed by atoms with van der Waals surface area (Å²) in [6, 6.07) is -0.549. The van der Waals surface area contributed by atoms with Crippen molar-refractivity contribution in [3.63, 3.8) is 0 Å². The summed E-state index contributed by atoms with van der Waals surface area (Å²) in [5.74, 6) is 1.23. The SMILES string of the molecule is CCCC1NC(=O)C(CC(C)C)N(CC2CCC2)C1=O. The molecule has 0 spiro atoms. The van der Waals surface area contributed by atoms with E-state index in [9.17, 15) is 9.59 Å². The van der Waals surface area contributed by atoms with E-state index in [0.29, 0.717) is 11.8 Å². The second-order valence-corrected chi connectivity index (χ2v) is 6.78. The number of hydrogen-bond donors (Lipinski definition) is 1. The summed E-state index contributed by atoms with van der Waals surface area (Å²) in [6.07, 6.45) is 6.12. The lowest BCUT2D eigenvalue weighted by atomic mass is 9.84. The first-order valence-corrected chi connectivity index (χ1v) is 8.13. The molecule has 0 aromatic heterocycles. The van der Waals surface area contributed by atoms with Gasteiger partial charge in [0.25, 0.3) is 0 Å². The number of hydrogen-bond acceptors (Lipinski definition) is 2. The van der Waals surface area contributed by atoms with Crippen molar-refractivity contribution in [3.05, 3.63) is 0 Å². The van der Waals surface area contributed by atoms with E-state index in [1.165, 1.54) is 19.3 Å². The molecule has 2 aliphatic rings. The van der Waals surface area contributed by atoms with Crippen molar-refractivity contribution in [2.24, 2.45) is 11.8 Å². The second kappa shape index (κ2) is 6.59. The van der Waals surface area contributed by atoms with Gasteiger partial charge in [0.1, 0.15) is 12.1 Å². The molecule has 2 fully saturated rings. The smallest absolute Gasteiger partial charge is 0.245 e. The van der Waals surface area contributed by atoms with E-state index in [1.807, 2.05) is 4.90 Å². The Kier molecular flexibility index (Phi) is 5.06. The minimum absolute atomic E-state index is 0.0519. The molecule has 1 N–H and O–H groups in total. The molecule has 2 atom stereocenters. The summed E-state index contributed by atoms with van der Waals surface area (Å²) in [4.78, 5) is 26.9. The van der Waals surface area contributed by atoms with E-state index in [0.717, 1.165) is 25.8 Å². The molecular formula is C16H28N2O2. The van der Waals surface area contributed by atoms with Crippen molar-refractivity contribution in [1.29, 1.82) is 0 Å². The van der Waals surface area contributed by atoms with Crippen molar-refractivity contribution < 1.29 is 9.59 Å². The van der Waals surface area contributed by atoms with Gasteiger partial charge in [-0.1, -0.05) is 33.6 Å². The van der Waals surface area contributed by atoms with Crippen LogP contribution in [0.5, 0.6) is 0 Å². The van der Waals surface area contributed by atoms with Crippen molar-refractivity contribution in [1.82, 2.24) is 10.2 Å². The predicted octanol–water partition coefficient (Wildman–Crippen LogP) is 2.33. The highest BCUT2D eigenvalue weighted by molar-refractivity contribution is 5.96. The Morgan fingerprint density at radius 1 is 1.30 bits per heavy atom. The van der Waals surface area contributed by atoms with Crippen molar-refractivity contribution in [3.8, 4) is 0 Å². The Bertz CT molecular complexity index is 363.